The van der Waals surface area contributed by atoms with Gasteiger partial charge >= 0.3 is 5.56 Å². The summed E-state index contributed by atoms with van der Waals surface area (Å²) in [6.07, 6.45) is 1.24. The molecule has 2 heterocycles. The van der Waals surface area contributed by atoms with Gasteiger partial charge in [0.2, 0.25) is 0 Å². The molecule has 0 spiro atoms. The molecule has 6 heteroatoms. The average molecular weight is 169 g/mol. The third-order valence-electron chi connectivity index (χ3n) is 1.29. The molecule has 0 atom stereocenters. The van der Waals surface area contributed by atoms with Crippen LogP contribution in [0.4, 0.5) is 0 Å². The fourth-order valence-electron chi connectivity index (χ4n) is 0.768. The molecular formula is C5H3N3O2S. The fourth-order valence-corrected chi connectivity index (χ4v) is 1.35. The van der Waals surface area contributed by atoms with Gasteiger partial charge in [-0.2, -0.15) is 4.73 Å². The summed E-state index contributed by atoms with van der Waals surface area (Å²) in [5.41, 5.74) is 0.0443. The summed E-state index contributed by atoms with van der Waals surface area (Å²) in [4.78, 5) is 11.0. The number of hydrogen-bond acceptors (Lipinski definition) is 5. The Balaban J connectivity index is 3.05. The van der Waals surface area contributed by atoms with Gasteiger partial charge in [0, 0.05) is 6.20 Å². The Bertz CT molecular complexity index is 446. The molecule has 0 amide bonds. The van der Waals surface area contributed by atoms with Crippen LogP contribution in [0.1, 0.15) is 0 Å². The van der Waals surface area contributed by atoms with Crippen LogP contribution < -0.4 is 5.56 Å². The van der Waals surface area contributed by atoms with Crippen molar-refractivity contribution in [2.45, 2.75) is 0 Å². The Kier molecular flexibility index (Phi) is 1.16. The van der Waals surface area contributed by atoms with E-state index in [0.717, 1.165) is 11.5 Å². The van der Waals surface area contributed by atoms with Crippen LogP contribution in [0.2, 0.25) is 0 Å². The smallest absolute Gasteiger partial charge is 0.304 e. The van der Waals surface area contributed by atoms with Gasteiger partial charge in [-0.25, -0.2) is 0 Å². The lowest BCUT2D eigenvalue weighted by Gasteiger charge is -1.90. The van der Waals surface area contributed by atoms with E-state index in [0.29, 0.717) is 14.9 Å². The fraction of sp³-hybridized carbons (Fsp3) is 0. The summed E-state index contributed by atoms with van der Waals surface area (Å²) < 4.78 is 4.46. The molecule has 2 rings (SSSR count). The van der Waals surface area contributed by atoms with E-state index in [9.17, 15) is 4.79 Å². The number of pyridine rings is 1. The Labute approximate surface area is 64.6 Å². The van der Waals surface area contributed by atoms with Crippen molar-refractivity contribution in [1.82, 2.24) is 14.3 Å². The van der Waals surface area contributed by atoms with Crippen molar-refractivity contribution >= 4 is 21.7 Å². The molecule has 0 saturated heterocycles. The summed E-state index contributed by atoms with van der Waals surface area (Å²) in [7, 11) is 0. The van der Waals surface area contributed by atoms with Crippen molar-refractivity contribution in [1.29, 1.82) is 0 Å². The first-order valence-corrected chi connectivity index (χ1v) is 3.59. The second-order valence-corrected chi connectivity index (χ2v) is 2.71. The molecule has 0 aliphatic heterocycles. The van der Waals surface area contributed by atoms with Crippen molar-refractivity contribution < 1.29 is 5.21 Å². The van der Waals surface area contributed by atoms with E-state index in [4.69, 9.17) is 5.21 Å². The van der Waals surface area contributed by atoms with Gasteiger partial charge in [0.1, 0.15) is 10.2 Å². The van der Waals surface area contributed by atoms with E-state index in [1.807, 2.05) is 0 Å². The van der Waals surface area contributed by atoms with E-state index in [1.165, 1.54) is 12.3 Å². The highest BCUT2D eigenvalue weighted by molar-refractivity contribution is 7.12. The van der Waals surface area contributed by atoms with E-state index in [2.05, 4.69) is 9.59 Å². The molecule has 1 N–H and O–H groups in total. The molecule has 0 unspecified atom stereocenters. The third kappa shape index (κ3) is 0.795. The Morgan fingerprint density at radius 3 is 3.27 bits per heavy atom. The van der Waals surface area contributed by atoms with Crippen LogP contribution in [-0.4, -0.2) is 19.5 Å². The third-order valence-corrected chi connectivity index (χ3v) is 2.02. The Morgan fingerprint density at radius 2 is 2.45 bits per heavy atom. The lowest BCUT2D eigenvalue weighted by Crippen LogP contribution is -2.15. The summed E-state index contributed by atoms with van der Waals surface area (Å²) in [6.45, 7) is 0. The highest BCUT2D eigenvalue weighted by Gasteiger charge is 2.03. The molecule has 56 valence electrons. The van der Waals surface area contributed by atoms with E-state index < -0.39 is 5.56 Å². The number of aromatic nitrogens is 3. The van der Waals surface area contributed by atoms with E-state index >= 15 is 0 Å². The minimum Gasteiger partial charge on any atom is -0.425 e. The molecule has 0 aliphatic carbocycles. The molecule has 11 heavy (non-hydrogen) atoms. The zero-order valence-corrected chi connectivity index (χ0v) is 6.08. The van der Waals surface area contributed by atoms with Crippen molar-refractivity contribution in [3.8, 4) is 0 Å². The number of hydrogen-bond donors (Lipinski definition) is 1. The van der Waals surface area contributed by atoms with Crippen LogP contribution in [-0.2, 0) is 0 Å². The molecular weight excluding hydrogens is 166 g/mol. The maximum atomic E-state index is 11.0. The molecule has 2 aromatic rings. The van der Waals surface area contributed by atoms with Gasteiger partial charge in [-0.1, -0.05) is 4.49 Å². The van der Waals surface area contributed by atoms with Crippen LogP contribution in [0, 0.1) is 0 Å². The molecule has 5 nitrogen and oxygen atoms in total. The van der Waals surface area contributed by atoms with Crippen molar-refractivity contribution in [2.24, 2.45) is 0 Å². The van der Waals surface area contributed by atoms with Crippen LogP contribution in [0.5, 0.6) is 0 Å². The summed E-state index contributed by atoms with van der Waals surface area (Å²) in [5.74, 6) is 0. The first kappa shape index (κ1) is 6.29. The first-order chi connectivity index (χ1) is 5.29. The number of rotatable bonds is 0. The van der Waals surface area contributed by atoms with Crippen molar-refractivity contribution in [3.05, 3.63) is 22.6 Å². The maximum Gasteiger partial charge on any atom is 0.304 e. The van der Waals surface area contributed by atoms with Gasteiger partial charge in [0.25, 0.3) is 0 Å². The predicted octanol–water partition coefficient (Wildman–Crippen LogP) is 0.0903. The summed E-state index contributed by atoms with van der Waals surface area (Å²) >= 11 is 0.974. The van der Waals surface area contributed by atoms with Gasteiger partial charge in [-0.05, 0) is 17.6 Å². The van der Waals surface area contributed by atoms with Crippen LogP contribution in [0.25, 0.3) is 10.2 Å². The van der Waals surface area contributed by atoms with Gasteiger partial charge in [0.15, 0.2) is 0 Å². The van der Waals surface area contributed by atoms with E-state index in [1.54, 1.807) is 0 Å². The van der Waals surface area contributed by atoms with Gasteiger partial charge in [-0.15, -0.1) is 5.10 Å². The summed E-state index contributed by atoms with van der Waals surface area (Å²) in [5, 5.41) is 12.6. The highest BCUT2D eigenvalue weighted by Crippen LogP contribution is 2.07. The topological polar surface area (TPSA) is 68.0 Å². The SMILES string of the molecule is O=c1c2snnc2ccn1O. The monoisotopic (exact) mass is 169 g/mol. The van der Waals surface area contributed by atoms with Crippen molar-refractivity contribution in [3.63, 3.8) is 0 Å². The quantitative estimate of drug-likeness (QED) is 0.567. The molecule has 0 aliphatic rings. The van der Waals surface area contributed by atoms with Crippen LogP contribution in [0.15, 0.2) is 17.1 Å². The standard InChI is InChI=1S/C5H3N3O2S/c9-5-4-3(6-7-11-4)1-2-8(5)10/h1-2,10H. The van der Waals surface area contributed by atoms with E-state index in [-0.39, 0.29) is 0 Å². The largest absolute Gasteiger partial charge is 0.425 e. The minimum atomic E-state index is -0.475. The Morgan fingerprint density at radius 1 is 1.64 bits per heavy atom. The second-order valence-electron chi connectivity index (χ2n) is 1.95. The average Bonchev–Trinajstić information content (AvgIpc) is 2.45. The molecule has 0 fully saturated rings. The first-order valence-electron chi connectivity index (χ1n) is 2.82. The zero-order chi connectivity index (χ0) is 7.84. The molecule has 0 radical (unpaired) electrons. The van der Waals surface area contributed by atoms with Gasteiger partial charge in [-0.3, -0.25) is 4.79 Å². The highest BCUT2D eigenvalue weighted by atomic mass is 32.1. The van der Waals surface area contributed by atoms with Crippen LogP contribution in [0.3, 0.4) is 0 Å². The number of fused-ring (bicyclic) bond motifs is 1. The van der Waals surface area contributed by atoms with Crippen LogP contribution >= 0.6 is 11.5 Å². The van der Waals surface area contributed by atoms with Gasteiger partial charge < -0.3 is 5.21 Å². The molecule has 0 saturated carbocycles. The lowest BCUT2D eigenvalue weighted by molar-refractivity contribution is 0.177. The van der Waals surface area contributed by atoms with Gasteiger partial charge in [0.05, 0.1) is 0 Å². The van der Waals surface area contributed by atoms with Crippen molar-refractivity contribution in [2.75, 3.05) is 0 Å². The maximum absolute atomic E-state index is 11.0. The zero-order valence-electron chi connectivity index (χ0n) is 5.26. The minimum absolute atomic E-state index is 0.370. The molecule has 0 bridgehead atoms. The summed E-state index contributed by atoms with van der Waals surface area (Å²) in [6, 6.07) is 1.53. The lowest BCUT2D eigenvalue weighted by atomic mass is 10.4. The Hall–Kier alpha value is -1.43. The predicted molar refractivity (Wildman–Crippen MR) is 38.9 cm³/mol. The number of nitrogens with zero attached hydrogens (tertiary/aromatic N) is 3. The second kappa shape index (κ2) is 2.03. The normalized spacial score (nSPS) is 10.5. The molecule has 0 aromatic carbocycles. The molecule has 2 aromatic heterocycles.